The summed E-state index contributed by atoms with van der Waals surface area (Å²) in [5.41, 5.74) is -0.0418. The fraction of sp³-hybridized carbons (Fsp3) is 0.318. The van der Waals surface area contributed by atoms with E-state index >= 15 is 0 Å². The van der Waals surface area contributed by atoms with E-state index in [4.69, 9.17) is 0 Å². The molecule has 1 saturated heterocycles. The zero-order valence-corrected chi connectivity index (χ0v) is 16.3. The summed E-state index contributed by atoms with van der Waals surface area (Å²) in [5.74, 6) is -0.566. The van der Waals surface area contributed by atoms with Crippen LogP contribution in [0.3, 0.4) is 0 Å². The molecule has 2 aromatic rings. The number of imide groups is 1. The fourth-order valence-electron chi connectivity index (χ4n) is 3.26. The Morgan fingerprint density at radius 2 is 1.46 bits per heavy atom. The Bertz CT molecular complexity index is 826. The van der Waals surface area contributed by atoms with E-state index in [1.54, 1.807) is 24.3 Å². The first kappa shape index (κ1) is 19.6. The quantitative estimate of drug-likeness (QED) is 0.758. The fourth-order valence-corrected chi connectivity index (χ4v) is 3.26. The van der Waals surface area contributed by atoms with Crippen LogP contribution in [0.2, 0.25) is 0 Å². The zero-order valence-electron chi connectivity index (χ0n) is 16.3. The molecule has 0 aliphatic carbocycles. The number of nitrogens with one attached hydrogen (secondary N) is 2. The maximum atomic E-state index is 13.5. The van der Waals surface area contributed by atoms with Crippen molar-refractivity contribution in [3.05, 3.63) is 71.8 Å². The van der Waals surface area contributed by atoms with E-state index in [1.807, 2.05) is 57.2 Å². The third-order valence-electron chi connectivity index (χ3n) is 5.21. The molecule has 3 rings (SSSR count). The highest BCUT2D eigenvalue weighted by atomic mass is 16.2. The van der Waals surface area contributed by atoms with E-state index in [-0.39, 0.29) is 24.4 Å². The molecule has 0 radical (unpaired) electrons. The van der Waals surface area contributed by atoms with E-state index < -0.39 is 17.5 Å². The number of carbonyl (C=O) groups excluding carboxylic acids is 3. The minimum atomic E-state index is -1.34. The van der Waals surface area contributed by atoms with Crippen molar-refractivity contribution >= 4 is 17.8 Å². The smallest absolute Gasteiger partial charge is 0.326 e. The molecule has 28 heavy (non-hydrogen) atoms. The van der Waals surface area contributed by atoms with Crippen LogP contribution in [-0.2, 0) is 15.1 Å². The number of hydrogen-bond acceptors (Lipinski definition) is 3. The van der Waals surface area contributed by atoms with E-state index in [1.165, 1.54) is 0 Å². The van der Waals surface area contributed by atoms with Crippen LogP contribution >= 0.6 is 0 Å². The van der Waals surface area contributed by atoms with Crippen molar-refractivity contribution in [3.63, 3.8) is 0 Å². The molecule has 0 saturated carbocycles. The molecule has 0 unspecified atom stereocenters. The second-order valence-corrected chi connectivity index (χ2v) is 7.40. The summed E-state index contributed by atoms with van der Waals surface area (Å²) in [6.45, 7) is 5.57. The summed E-state index contributed by atoms with van der Waals surface area (Å²) in [5, 5.41) is 5.68. The summed E-state index contributed by atoms with van der Waals surface area (Å²) >= 11 is 0. The molecule has 2 N–H and O–H groups in total. The molecule has 6 heteroatoms. The molecule has 4 amide bonds. The molecule has 1 aliphatic rings. The number of hydrogen-bond donors (Lipinski definition) is 2. The molecule has 0 bridgehead atoms. The molecular weight excluding hydrogens is 354 g/mol. The van der Waals surface area contributed by atoms with Crippen LogP contribution < -0.4 is 10.6 Å². The minimum absolute atomic E-state index is 0.0544. The highest BCUT2D eigenvalue weighted by molar-refractivity contribution is 6.11. The Morgan fingerprint density at radius 1 is 0.964 bits per heavy atom. The van der Waals surface area contributed by atoms with E-state index in [9.17, 15) is 14.4 Å². The first-order valence-corrected chi connectivity index (χ1v) is 9.40. The Hall–Kier alpha value is -3.15. The normalized spacial score (nSPS) is 16.8. The van der Waals surface area contributed by atoms with Crippen LogP contribution in [-0.4, -0.2) is 35.3 Å². The van der Waals surface area contributed by atoms with Gasteiger partial charge in [-0.05, 0) is 24.0 Å². The summed E-state index contributed by atoms with van der Waals surface area (Å²) in [7, 11) is 0. The van der Waals surface area contributed by atoms with Gasteiger partial charge in [-0.15, -0.1) is 0 Å². The number of nitrogens with zero attached hydrogens (tertiary/aromatic N) is 1. The predicted molar refractivity (Wildman–Crippen MR) is 106 cm³/mol. The predicted octanol–water partition coefficient (Wildman–Crippen LogP) is 2.64. The largest absolute Gasteiger partial charge is 0.352 e. The van der Waals surface area contributed by atoms with Crippen LogP contribution in [0.4, 0.5) is 4.79 Å². The zero-order chi connectivity index (χ0) is 20.3. The van der Waals surface area contributed by atoms with Gasteiger partial charge in [0.25, 0.3) is 5.91 Å². The van der Waals surface area contributed by atoms with Crippen molar-refractivity contribution in [1.82, 2.24) is 15.5 Å². The summed E-state index contributed by atoms with van der Waals surface area (Å²) < 4.78 is 0. The van der Waals surface area contributed by atoms with Crippen molar-refractivity contribution in [2.45, 2.75) is 32.4 Å². The van der Waals surface area contributed by atoms with E-state index in [0.29, 0.717) is 11.1 Å². The summed E-state index contributed by atoms with van der Waals surface area (Å²) in [6.07, 6.45) is 0. The maximum absolute atomic E-state index is 13.5. The van der Waals surface area contributed by atoms with Gasteiger partial charge in [-0.3, -0.25) is 14.5 Å². The van der Waals surface area contributed by atoms with Crippen LogP contribution in [0.15, 0.2) is 60.7 Å². The Kier molecular flexibility index (Phi) is 5.49. The van der Waals surface area contributed by atoms with Gasteiger partial charge in [0.2, 0.25) is 5.91 Å². The van der Waals surface area contributed by atoms with E-state index in [0.717, 1.165) is 4.90 Å². The van der Waals surface area contributed by atoms with Gasteiger partial charge in [0.05, 0.1) is 0 Å². The summed E-state index contributed by atoms with van der Waals surface area (Å²) in [4.78, 5) is 39.6. The Labute approximate surface area is 164 Å². The molecule has 1 atom stereocenters. The summed E-state index contributed by atoms with van der Waals surface area (Å²) in [6, 6.07) is 17.5. The van der Waals surface area contributed by atoms with Crippen LogP contribution in [0, 0.1) is 5.92 Å². The molecule has 1 aliphatic heterocycles. The first-order valence-electron chi connectivity index (χ1n) is 9.40. The monoisotopic (exact) mass is 379 g/mol. The molecule has 6 nitrogen and oxygen atoms in total. The highest BCUT2D eigenvalue weighted by Crippen LogP contribution is 2.35. The van der Waals surface area contributed by atoms with E-state index in [2.05, 4.69) is 10.6 Å². The molecule has 2 aromatic carbocycles. The average Bonchev–Trinajstić information content (AvgIpc) is 2.94. The van der Waals surface area contributed by atoms with Gasteiger partial charge in [0.1, 0.15) is 6.54 Å². The maximum Gasteiger partial charge on any atom is 0.326 e. The van der Waals surface area contributed by atoms with Gasteiger partial charge < -0.3 is 10.6 Å². The Morgan fingerprint density at radius 3 is 1.93 bits per heavy atom. The third kappa shape index (κ3) is 3.50. The number of amides is 4. The van der Waals surface area contributed by atoms with Gasteiger partial charge in [-0.2, -0.15) is 0 Å². The molecule has 1 heterocycles. The van der Waals surface area contributed by atoms with Crippen molar-refractivity contribution in [3.8, 4) is 0 Å². The van der Waals surface area contributed by atoms with Gasteiger partial charge in [0.15, 0.2) is 5.54 Å². The van der Waals surface area contributed by atoms with Crippen LogP contribution in [0.5, 0.6) is 0 Å². The lowest BCUT2D eigenvalue weighted by Gasteiger charge is -2.28. The molecular formula is C22H25N3O3. The second kappa shape index (κ2) is 7.84. The van der Waals surface area contributed by atoms with Gasteiger partial charge in [0, 0.05) is 6.04 Å². The second-order valence-electron chi connectivity index (χ2n) is 7.40. The van der Waals surface area contributed by atoms with Gasteiger partial charge in [-0.25, -0.2) is 4.79 Å². The molecule has 0 spiro atoms. The lowest BCUT2D eigenvalue weighted by atomic mass is 9.82. The third-order valence-corrected chi connectivity index (χ3v) is 5.21. The van der Waals surface area contributed by atoms with Crippen molar-refractivity contribution < 1.29 is 14.4 Å². The lowest BCUT2D eigenvalue weighted by molar-refractivity contribution is -0.134. The van der Waals surface area contributed by atoms with Crippen molar-refractivity contribution in [2.75, 3.05) is 6.54 Å². The number of carbonyl (C=O) groups is 3. The molecule has 0 aromatic heterocycles. The SMILES string of the molecule is CC(C)[C@@H](C)NC(=O)CN1C(=O)NC(c2ccccc2)(c2ccccc2)C1=O. The highest BCUT2D eigenvalue weighted by Gasteiger charge is 2.54. The van der Waals surface area contributed by atoms with Crippen molar-refractivity contribution in [2.24, 2.45) is 5.92 Å². The standard InChI is InChI=1S/C22H25N3O3/c1-15(2)16(3)23-19(26)14-25-20(27)22(24-21(25)28,17-10-6-4-7-11-17)18-12-8-5-9-13-18/h4-13,15-16H,14H2,1-3H3,(H,23,26)(H,24,28)/t16-/m1/s1. The lowest BCUT2D eigenvalue weighted by Crippen LogP contribution is -2.47. The number of urea groups is 1. The minimum Gasteiger partial charge on any atom is -0.352 e. The average molecular weight is 379 g/mol. The van der Waals surface area contributed by atoms with Crippen LogP contribution in [0.1, 0.15) is 31.9 Å². The number of rotatable bonds is 6. The number of benzene rings is 2. The van der Waals surface area contributed by atoms with Crippen molar-refractivity contribution in [1.29, 1.82) is 0 Å². The van der Waals surface area contributed by atoms with Gasteiger partial charge in [-0.1, -0.05) is 74.5 Å². The van der Waals surface area contributed by atoms with Crippen LogP contribution in [0.25, 0.3) is 0 Å². The first-order chi connectivity index (χ1) is 13.4. The molecule has 146 valence electrons. The topological polar surface area (TPSA) is 78.5 Å². The van der Waals surface area contributed by atoms with Gasteiger partial charge >= 0.3 is 6.03 Å². The molecule has 1 fully saturated rings. The Balaban J connectivity index is 1.95.